The van der Waals surface area contributed by atoms with Gasteiger partial charge in [0, 0.05) is 5.41 Å². The van der Waals surface area contributed by atoms with Gasteiger partial charge >= 0.3 is 0 Å². The molecule has 0 radical (unpaired) electrons. The second kappa shape index (κ2) is 5.31. The lowest BCUT2D eigenvalue weighted by atomic mass is 10.1. The number of hydrogen-bond donors (Lipinski definition) is 1. The van der Waals surface area contributed by atoms with E-state index in [-0.39, 0.29) is 5.41 Å². The molecule has 1 fully saturated rings. The normalized spacial score (nSPS) is 16.2. The number of aryl methyl sites for hydroxylation is 1. The van der Waals surface area contributed by atoms with E-state index in [4.69, 9.17) is 14.2 Å². The van der Waals surface area contributed by atoms with Crippen molar-refractivity contribution in [2.75, 3.05) is 26.6 Å². The van der Waals surface area contributed by atoms with Gasteiger partial charge in [0.1, 0.15) is 0 Å². The van der Waals surface area contributed by atoms with Gasteiger partial charge in [0.05, 0.1) is 20.8 Å². The molecule has 18 heavy (non-hydrogen) atoms. The van der Waals surface area contributed by atoms with Gasteiger partial charge in [0.25, 0.3) is 0 Å². The molecule has 100 valence electrons. The van der Waals surface area contributed by atoms with Gasteiger partial charge in [0.15, 0.2) is 11.5 Å². The summed E-state index contributed by atoms with van der Waals surface area (Å²) in [5, 5.41) is 0. The van der Waals surface area contributed by atoms with E-state index in [1.165, 1.54) is 12.8 Å². The number of ether oxygens (including phenoxy) is 3. The van der Waals surface area contributed by atoms with Crippen molar-refractivity contribution in [3.05, 3.63) is 17.7 Å². The van der Waals surface area contributed by atoms with Crippen LogP contribution in [0.5, 0.6) is 17.2 Å². The van der Waals surface area contributed by atoms with E-state index in [9.17, 15) is 0 Å². The summed E-state index contributed by atoms with van der Waals surface area (Å²) < 4.78 is 16.7. The van der Waals surface area contributed by atoms with Crippen molar-refractivity contribution < 1.29 is 14.2 Å². The van der Waals surface area contributed by atoms with E-state index in [2.05, 4.69) is 12.6 Å². The first-order valence-corrected chi connectivity index (χ1v) is 6.74. The average Bonchev–Trinajstić information content (AvgIpc) is 3.16. The molecule has 0 heterocycles. The summed E-state index contributed by atoms with van der Waals surface area (Å²) >= 11 is 4.38. The van der Waals surface area contributed by atoms with Crippen molar-refractivity contribution in [3.8, 4) is 17.2 Å². The Bertz CT molecular complexity index is 402. The summed E-state index contributed by atoms with van der Waals surface area (Å²) in [6.07, 6.45) is 2.37. The summed E-state index contributed by atoms with van der Waals surface area (Å²) in [7, 11) is 3.29. The van der Waals surface area contributed by atoms with Gasteiger partial charge in [-0.05, 0) is 43.2 Å². The van der Waals surface area contributed by atoms with E-state index in [1.807, 2.05) is 19.1 Å². The fourth-order valence-corrected chi connectivity index (χ4v) is 2.31. The van der Waals surface area contributed by atoms with Crippen LogP contribution in [0.3, 0.4) is 0 Å². The summed E-state index contributed by atoms with van der Waals surface area (Å²) in [6, 6.07) is 3.91. The largest absolute Gasteiger partial charge is 0.493 e. The quantitative estimate of drug-likeness (QED) is 0.803. The third kappa shape index (κ3) is 2.69. The molecule has 2 rings (SSSR count). The first-order valence-electron chi connectivity index (χ1n) is 6.10. The van der Waals surface area contributed by atoms with Gasteiger partial charge in [-0.15, -0.1) is 0 Å². The molecule has 4 heteroatoms. The first kappa shape index (κ1) is 13.4. The molecule has 0 amide bonds. The van der Waals surface area contributed by atoms with Gasteiger partial charge in [-0.2, -0.15) is 12.6 Å². The lowest BCUT2D eigenvalue weighted by Crippen LogP contribution is -2.15. The Morgan fingerprint density at radius 2 is 1.72 bits per heavy atom. The molecule has 0 aliphatic heterocycles. The van der Waals surface area contributed by atoms with Crippen LogP contribution in [0.25, 0.3) is 0 Å². The van der Waals surface area contributed by atoms with Crippen LogP contribution in [0.1, 0.15) is 18.4 Å². The van der Waals surface area contributed by atoms with E-state index in [1.54, 1.807) is 14.2 Å². The molecular weight excluding hydrogens is 248 g/mol. The summed E-state index contributed by atoms with van der Waals surface area (Å²) in [5.74, 6) is 3.01. The van der Waals surface area contributed by atoms with Gasteiger partial charge in [-0.1, -0.05) is 0 Å². The van der Waals surface area contributed by atoms with Gasteiger partial charge in [0.2, 0.25) is 5.75 Å². The smallest absolute Gasteiger partial charge is 0.203 e. The van der Waals surface area contributed by atoms with E-state index >= 15 is 0 Å². The Kier molecular flexibility index (Phi) is 3.95. The number of thiol groups is 1. The van der Waals surface area contributed by atoms with Crippen molar-refractivity contribution in [2.24, 2.45) is 5.41 Å². The molecule has 1 saturated carbocycles. The molecule has 1 aliphatic rings. The van der Waals surface area contributed by atoms with Gasteiger partial charge in [-0.3, -0.25) is 0 Å². The zero-order valence-electron chi connectivity index (χ0n) is 11.2. The molecule has 0 unspecified atom stereocenters. The van der Waals surface area contributed by atoms with Crippen molar-refractivity contribution >= 4 is 12.6 Å². The Balaban J connectivity index is 2.19. The standard InChI is InChI=1S/C14H20O3S/c1-10-6-11(15-2)13(12(7-10)16-3)17-8-14(9-18)4-5-14/h6-7,18H,4-5,8-9H2,1-3H3. The molecule has 0 aromatic heterocycles. The lowest BCUT2D eigenvalue weighted by molar-refractivity contribution is 0.227. The van der Waals surface area contributed by atoms with Crippen LogP contribution < -0.4 is 14.2 Å². The maximum atomic E-state index is 5.92. The third-order valence-electron chi connectivity index (χ3n) is 3.42. The second-order valence-corrected chi connectivity index (χ2v) is 5.26. The summed E-state index contributed by atoms with van der Waals surface area (Å²) in [4.78, 5) is 0. The van der Waals surface area contributed by atoms with Crippen LogP contribution in [0.15, 0.2) is 12.1 Å². The highest BCUT2D eigenvalue weighted by Crippen LogP contribution is 2.48. The molecule has 0 bridgehead atoms. The van der Waals surface area contributed by atoms with Crippen molar-refractivity contribution in [2.45, 2.75) is 19.8 Å². The maximum Gasteiger partial charge on any atom is 0.203 e. The van der Waals surface area contributed by atoms with Crippen LogP contribution in [0, 0.1) is 12.3 Å². The van der Waals surface area contributed by atoms with Crippen LogP contribution in [0.4, 0.5) is 0 Å². The zero-order chi connectivity index (χ0) is 13.2. The van der Waals surface area contributed by atoms with Crippen LogP contribution in [-0.2, 0) is 0 Å². The summed E-state index contributed by atoms with van der Waals surface area (Å²) in [5.41, 5.74) is 1.34. The molecule has 0 atom stereocenters. The van der Waals surface area contributed by atoms with Crippen LogP contribution in [-0.4, -0.2) is 26.6 Å². The van der Waals surface area contributed by atoms with Gasteiger partial charge in [-0.25, -0.2) is 0 Å². The van der Waals surface area contributed by atoms with Gasteiger partial charge < -0.3 is 14.2 Å². The highest BCUT2D eigenvalue weighted by Gasteiger charge is 2.42. The SMILES string of the molecule is COc1cc(C)cc(OC)c1OCC1(CS)CC1. The third-order valence-corrected chi connectivity index (χ3v) is 4.09. The molecular formula is C14H20O3S. The number of benzene rings is 1. The Labute approximate surface area is 114 Å². The molecule has 0 N–H and O–H groups in total. The molecule has 1 aromatic rings. The van der Waals surface area contributed by atoms with Crippen LogP contribution >= 0.6 is 12.6 Å². The Hall–Kier alpha value is -1.03. The predicted octanol–water partition coefficient (Wildman–Crippen LogP) is 3.10. The maximum absolute atomic E-state index is 5.92. The molecule has 1 aromatic carbocycles. The Morgan fingerprint density at radius 3 is 2.11 bits per heavy atom. The van der Waals surface area contributed by atoms with E-state index in [0.29, 0.717) is 12.4 Å². The first-order chi connectivity index (χ1) is 8.64. The molecule has 0 saturated heterocycles. The van der Waals surface area contributed by atoms with E-state index < -0.39 is 0 Å². The highest BCUT2D eigenvalue weighted by atomic mass is 32.1. The number of methoxy groups -OCH3 is 2. The average molecular weight is 268 g/mol. The monoisotopic (exact) mass is 268 g/mol. The Morgan fingerprint density at radius 1 is 1.17 bits per heavy atom. The zero-order valence-corrected chi connectivity index (χ0v) is 12.0. The minimum Gasteiger partial charge on any atom is -0.493 e. The molecule has 1 aliphatic carbocycles. The predicted molar refractivity (Wildman–Crippen MR) is 75.3 cm³/mol. The lowest BCUT2D eigenvalue weighted by Gasteiger charge is -2.18. The minimum atomic E-state index is 0.254. The molecule has 3 nitrogen and oxygen atoms in total. The van der Waals surface area contributed by atoms with Crippen molar-refractivity contribution in [1.82, 2.24) is 0 Å². The number of rotatable bonds is 6. The highest BCUT2D eigenvalue weighted by molar-refractivity contribution is 7.80. The fraction of sp³-hybridized carbons (Fsp3) is 0.571. The molecule has 0 spiro atoms. The number of hydrogen-bond acceptors (Lipinski definition) is 4. The van der Waals surface area contributed by atoms with Crippen molar-refractivity contribution in [1.29, 1.82) is 0 Å². The van der Waals surface area contributed by atoms with Crippen molar-refractivity contribution in [3.63, 3.8) is 0 Å². The summed E-state index contributed by atoms with van der Waals surface area (Å²) in [6.45, 7) is 2.68. The minimum absolute atomic E-state index is 0.254. The fourth-order valence-electron chi connectivity index (χ4n) is 1.90. The van der Waals surface area contributed by atoms with Crippen LogP contribution in [0.2, 0.25) is 0 Å². The van der Waals surface area contributed by atoms with E-state index in [0.717, 1.165) is 22.8 Å². The second-order valence-electron chi connectivity index (χ2n) is 4.95. The topological polar surface area (TPSA) is 27.7 Å².